The average molecular weight is 408 g/mol. The number of ether oxygens (including phenoxy) is 2. The number of aryl methyl sites for hydroxylation is 1. The topological polar surface area (TPSA) is 71.9 Å². The summed E-state index contributed by atoms with van der Waals surface area (Å²) in [7, 11) is 0. The summed E-state index contributed by atoms with van der Waals surface area (Å²) in [5.41, 5.74) is 1.07. The minimum Gasteiger partial charge on any atom is -0.475 e. The molecule has 27 heavy (non-hydrogen) atoms. The molecule has 0 amide bonds. The van der Waals surface area contributed by atoms with Crippen LogP contribution in [0.1, 0.15) is 23.5 Å². The minimum absolute atomic E-state index is 0.322. The van der Waals surface area contributed by atoms with Gasteiger partial charge in [0.15, 0.2) is 0 Å². The number of aliphatic carboxylic acids is 1. The Morgan fingerprint density at radius 3 is 2.70 bits per heavy atom. The monoisotopic (exact) mass is 408 g/mol. The van der Waals surface area contributed by atoms with Crippen LogP contribution in [0.15, 0.2) is 5.38 Å². The summed E-state index contributed by atoms with van der Waals surface area (Å²) < 4.78 is 43.6. The van der Waals surface area contributed by atoms with Gasteiger partial charge < -0.3 is 14.6 Å². The number of likely N-dealkylation sites (tertiary alicyclic amines) is 1. The second kappa shape index (κ2) is 8.42. The summed E-state index contributed by atoms with van der Waals surface area (Å²) in [5.74, 6) is -1.25. The third-order valence-electron chi connectivity index (χ3n) is 5.00. The van der Waals surface area contributed by atoms with Crippen molar-refractivity contribution in [3.63, 3.8) is 0 Å². The summed E-state index contributed by atoms with van der Waals surface area (Å²) in [5, 5.41) is 10.3. The molecule has 6 nitrogen and oxygen atoms in total. The molecule has 2 saturated heterocycles. The zero-order valence-corrected chi connectivity index (χ0v) is 15.8. The third kappa shape index (κ3) is 5.63. The van der Waals surface area contributed by atoms with E-state index in [1.807, 2.05) is 6.92 Å². The molecule has 1 aromatic heterocycles. The molecule has 3 fully saturated rings. The van der Waals surface area contributed by atoms with Crippen LogP contribution in [0.2, 0.25) is 0 Å². The van der Waals surface area contributed by atoms with Gasteiger partial charge in [-0.2, -0.15) is 13.2 Å². The molecule has 3 aliphatic rings. The molecular weight excluding hydrogens is 385 g/mol. The predicted octanol–water partition coefficient (Wildman–Crippen LogP) is 2.71. The predicted molar refractivity (Wildman–Crippen MR) is 91.5 cm³/mol. The van der Waals surface area contributed by atoms with Gasteiger partial charge in [-0.3, -0.25) is 4.90 Å². The van der Waals surface area contributed by atoms with Crippen molar-refractivity contribution in [2.75, 3.05) is 26.3 Å². The van der Waals surface area contributed by atoms with E-state index in [9.17, 15) is 13.2 Å². The number of nitrogens with zero attached hydrogens (tertiary/aromatic N) is 2. The fraction of sp³-hybridized carbons (Fsp3) is 0.765. The lowest BCUT2D eigenvalue weighted by Gasteiger charge is -2.21. The zero-order chi connectivity index (χ0) is 19.6. The second-order valence-electron chi connectivity index (χ2n) is 7.18. The van der Waals surface area contributed by atoms with E-state index in [-0.39, 0.29) is 0 Å². The number of hydrogen-bond donors (Lipinski definition) is 1. The Balaban J connectivity index is 0.000000260. The van der Waals surface area contributed by atoms with Gasteiger partial charge in [-0.05, 0) is 25.7 Å². The number of carboxylic acid groups (broad SMARTS) is 1. The van der Waals surface area contributed by atoms with Gasteiger partial charge in [0.05, 0.1) is 36.6 Å². The van der Waals surface area contributed by atoms with Crippen molar-refractivity contribution < 1.29 is 32.5 Å². The Morgan fingerprint density at radius 1 is 1.44 bits per heavy atom. The number of fused-ring (bicyclic) bond motifs is 1. The van der Waals surface area contributed by atoms with Crippen molar-refractivity contribution in [2.45, 2.75) is 44.7 Å². The Morgan fingerprint density at radius 2 is 2.15 bits per heavy atom. The Labute approximate surface area is 159 Å². The van der Waals surface area contributed by atoms with E-state index in [1.165, 1.54) is 19.4 Å². The molecule has 0 radical (unpaired) electrons. The number of thiazole rings is 1. The van der Waals surface area contributed by atoms with E-state index in [2.05, 4.69) is 15.3 Å². The van der Waals surface area contributed by atoms with E-state index in [0.717, 1.165) is 36.4 Å². The lowest BCUT2D eigenvalue weighted by Crippen LogP contribution is -2.34. The van der Waals surface area contributed by atoms with Crippen LogP contribution in [0, 0.1) is 18.8 Å². The molecule has 152 valence electrons. The highest BCUT2D eigenvalue weighted by Crippen LogP contribution is 2.37. The van der Waals surface area contributed by atoms with Gasteiger partial charge in [-0.1, -0.05) is 0 Å². The highest BCUT2D eigenvalue weighted by atomic mass is 32.1. The highest BCUT2D eigenvalue weighted by molar-refractivity contribution is 7.09. The second-order valence-corrected chi connectivity index (χ2v) is 8.24. The van der Waals surface area contributed by atoms with Gasteiger partial charge in [0.25, 0.3) is 0 Å². The minimum atomic E-state index is -5.08. The summed E-state index contributed by atoms with van der Waals surface area (Å²) in [4.78, 5) is 16.0. The van der Waals surface area contributed by atoms with Crippen LogP contribution < -0.4 is 0 Å². The van der Waals surface area contributed by atoms with Crippen LogP contribution in [0.3, 0.4) is 0 Å². The maximum absolute atomic E-state index is 10.6. The lowest BCUT2D eigenvalue weighted by molar-refractivity contribution is -0.192. The number of hydrogen-bond acceptors (Lipinski definition) is 6. The molecule has 2 aliphatic heterocycles. The first-order chi connectivity index (χ1) is 12.7. The smallest absolute Gasteiger partial charge is 0.475 e. The standard InChI is InChI=1S/C15H22N2O2S.C2HF3O2/c1-10-16-12(9-20-10)6-19-15-5-17(4-11-2-3-11)14-8-18-7-13(14)15;3-2(4,5)1(6)7/h9,11,13-15H,2-8H2,1H3;(H,6,7)/t13-,14+,15-;/m0./s1. The van der Waals surface area contributed by atoms with Crippen molar-refractivity contribution >= 4 is 17.3 Å². The number of halogens is 3. The molecule has 0 unspecified atom stereocenters. The molecule has 1 saturated carbocycles. The normalized spacial score (nSPS) is 27.9. The Bertz CT molecular complexity index is 650. The van der Waals surface area contributed by atoms with Crippen molar-refractivity contribution in [3.8, 4) is 0 Å². The summed E-state index contributed by atoms with van der Waals surface area (Å²) in [6.07, 6.45) is -1.93. The number of rotatable bonds is 5. The molecule has 4 rings (SSSR count). The van der Waals surface area contributed by atoms with Gasteiger partial charge in [-0.15, -0.1) is 11.3 Å². The lowest BCUT2D eigenvalue weighted by atomic mass is 10.0. The summed E-state index contributed by atoms with van der Waals surface area (Å²) in [6, 6.07) is 0.595. The average Bonchev–Trinajstić information content (AvgIpc) is 2.98. The highest BCUT2D eigenvalue weighted by Gasteiger charge is 2.47. The molecule has 1 aromatic rings. The number of aromatic nitrogens is 1. The van der Waals surface area contributed by atoms with Crippen LogP contribution in [-0.4, -0.2) is 65.6 Å². The Kier molecular flexibility index (Phi) is 6.39. The number of carbonyl (C=O) groups is 1. The first-order valence-corrected chi connectivity index (χ1v) is 9.76. The van der Waals surface area contributed by atoms with E-state index >= 15 is 0 Å². The number of alkyl halides is 3. The van der Waals surface area contributed by atoms with Crippen LogP contribution in [0.5, 0.6) is 0 Å². The molecular formula is C17H23F3N2O4S. The van der Waals surface area contributed by atoms with Crippen molar-refractivity contribution in [1.82, 2.24) is 9.88 Å². The fourth-order valence-corrected chi connectivity index (χ4v) is 4.08. The molecule has 0 aromatic carbocycles. The van der Waals surface area contributed by atoms with Crippen LogP contribution in [-0.2, 0) is 20.9 Å². The van der Waals surface area contributed by atoms with Gasteiger partial charge in [-0.25, -0.2) is 9.78 Å². The zero-order valence-electron chi connectivity index (χ0n) is 14.9. The number of carboxylic acids is 1. The van der Waals surface area contributed by atoms with Crippen LogP contribution >= 0.6 is 11.3 Å². The maximum Gasteiger partial charge on any atom is 0.490 e. The van der Waals surface area contributed by atoms with Crippen LogP contribution in [0.4, 0.5) is 13.2 Å². The SMILES string of the molecule is Cc1nc(CO[C@H]2CN(CC3CC3)[C@@H]3COC[C@H]23)cs1.O=C(O)C(F)(F)F. The first-order valence-electron chi connectivity index (χ1n) is 8.88. The summed E-state index contributed by atoms with van der Waals surface area (Å²) >= 11 is 1.70. The molecule has 1 aliphatic carbocycles. The van der Waals surface area contributed by atoms with Gasteiger partial charge in [0.2, 0.25) is 0 Å². The molecule has 0 bridgehead atoms. The third-order valence-corrected chi connectivity index (χ3v) is 5.82. The van der Waals surface area contributed by atoms with Crippen molar-refractivity contribution in [1.29, 1.82) is 0 Å². The molecule has 10 heteroatoms. The van der Waals surface area contributed by atoms with E-state index in [4.69, 9.17) is 19.4 Å². The molecule has 3 atom stereocenters. The van der Waals surface area contributed by atoms with E-state index in [0.29, 0.717) is 24.7 Å². The van der Waals surface area contributed by atoms with E-state index < -0.39 is 12.1 Å². The van der Waals surface area contributed by atoms with Gasteiger partial charge in [0.1, 0.15) is 0 Å². The fourth-order valence-electron chi connectivity index (χ4n) is 3.48. The van der Waals surface area contributed by atoms with Crippen molar-refractivity contribution in [2.24, 2.45) is 11.8 Å². The van der Waals surface area contributed by atoms with Crippen molar-refractivity contribution in [3.05, 3.63) is 16.1 Å². The van der Waals surface area contributed by atoms with Crippen LogP contribution in [0.25, 0.3) is 0 Å². The largest absolute Gasteiger partial charge is 0.490 e. The molecule has 1 N–H and O–H groups in total. The molecule has 0 spiro atoms. The summed E-state index contributed by atoms with van der Waals surface area (Å²) in [6.45, 7) is 6.79. The first kappa shape index (κ1) is 20.5. The maximum atomic E-state index is 10.6. The van der Waals surface area contributed by atoms with E-state index in [1.54, 1.807) is 11.3 Å². The quantitative estimate of drug-likeness (QED) is 0.808. The van der Waals surface area contributed by atoms with Gasteiger partial charge >= 0.3 is 12.1 Å². The Hall–Kier alpha value is -1.23. The molecule has 3 heterocycles. The van der Waals surface area contributed by atoms with Gasteiger partial charge in [0, 0.05) is 30.4 Å².